The van der Waals surface area contributed by atoms with Gasteiger partial charge in [0.25, 0.3) is 0 Å². The molecule has 0 radical (unpaired) electrons. The molecule has 0 aromatic carbocycles. The van der Waals surface area contributed by atoms with E-state index in [-0.39, 0.29) is 0 Å². The second-order valence-electron chi connectivity index (χ2n) is 7.40. The van der Waals surface area contributed by atoms with Gasteiger partial charge in [0.15, 0.2) is 5.82 Å². The van der Waals surface area contributed by atoms with E-state index in [2.05, 4.69) is 19.9 Å². The monoisotopic (exact) mass is 304 g/mol. The van der Waals surface area contributed by atoms with Crippen molar-refractivity contribution in [2.24, 2.45) is 5.92 Å². The van der Waals surface area contributed by atoms with Crippen LogP contribution in [0.2, 0.25) is 0 Å². The van der Waals surface area contributed by atoms with Crippen molar-refractivity contribution in [2.75, 3.05) is 32.7 Å². The molecule has 0 spiro atoms. The van der Waals surface area contributed by atoms with Crippen LogP contribution in [0.15, 0.2) is 4.52 Å². The molecule has 122 valence electrons. The predicted molar refractivity (Wildman–Crippen MR) is 84.6 cm³/mol. The first-order chi connectivity index (χ1) is 10.9. The first kappa shape index (κ1) is 14.6. The topological polar surface area (TPSA) is 45.4 Å². The van der Waals surface area contributed by atoms with Gasteiger partial charge in [0, 0.05) is 25.6 Å². The lowest BCUT2D eigenvalue weighted by atomic mass is 10.1. The maximum absolute atomic E-state index is 5.37. The van der Waals surface area contributed by atoms with E-state index in [1.54, 1.807) is 0 Å². The fraction of sp³-hybridized carbons (Fsp3) is 0.882. The van der Waals surface area contributed by atoms with E-state index in [1.807, 2.05) is 0 Å². The molecule has 2 aliphatic carbocycles. The van der Waals surface area contributed by atoms with Crippen molar-refractivity contribution in [3.63, 3.8) is 0 Å². The van der Waals surface area contributed by atoms with Gasteiger partial charge in [-0.1, -0.05) is 18.0 Å². The summed E-state index contributed by atoms with van der Waals surface area (Å²) in [5.41, 5.74) is 0. The van der Waals surface area contributed by atoms with E-state index < -0.39 is 0 Å². The molecule has 1 saturated heterocycles. The van der Waals surface area contributed by atoms with Crippen LogP contribution in [-0.2, 0) is 6.54 Å². The molecule has 2 saturated carbocycles. The van der Waals surface area contributed by atoms with E-state index in [1.165, 1.54) is 64.6 Å². The van der Waals surface area contributed by atoms with E-state index >= 15 is 0 Å². The molecule has 2 heterocycles. The normalized spacial score (nSPS) is 25.6. The second-order valence-corrected chi connectivity index (χ2v) is 7.40. The van der Waals surface area contributed by atoms with Gasteiger partial charge >= 0.3 is 0 Å². The standard InChI is InChI=1S/C17H28N4O/c1-2-5-14(4-1)12-20-8-3-9-21(11-10-20)13-16-18-17(22-19-16)15-6-7-15/h14-15H,1-13H2. The molecule has 0 unspecified atom stereocenters. The molecule has 5 nitrogen and oxygen atoms in total. The van der Waals surface area contributed by atoms with Crippen LogP contribution in [-0.4, -0.2) is 52.7 Å². The van der Waals surface area contributed by atoms with Crippen LogP contribution in [0.5, 0.6) is 0 Å². The molecular formula is C17H28N4O. The summed E-state index contributed by atoms with van der Waals surface area (Å²) in [6, 6.07) is 0. The Kier molecular flexibility index (Phi) is 4.44. The molecule has 22 heavy (non-hydrogen) atoms. The first-order valence-corrected chi connectivity index (χ1v) is 9.14. The maximum atomic E-state index is 5.37. The summed E-state index contributed by atoms with van der Waals surface area (Å²) >= 11 is 0. The molecule has 5 heteroatoms. The van der Waals surface area contributed by atoms with Crippen LogP contribution in [0.3, 0.4) is 0 Å². The molecule has 0 N–H and O–H groups in total. The third-order valence-corrected chi connectivity index (χ3v) is 5.45. The van der Waals surface area contributed by atoms with Gasteiger partial charge < -0.3 is 9.42 Å². The van der Waals surface area contributed by atoms with E-state index in [4.69, 9.17) is 4.52 Å². The van der Waals surface area contributed by atoms with E-state index in [0.29, 0.717) is 5.92 Å². The molecule has 1 aromatic rings. The maximum Gasteiger partial charge on any atom is 0.229 e. The van der Waals surface area contributed by atoms with Gasteiger partial charge in [-0.3, -0.25) is 4.90 Å². The zero-order chi connectivity index (χ0) is 14.8. The molecule has 3 fully saturated rings. The lowest BCUT2D eigenvalue weighted by molar-refractivity contribution is 0.223. The Morgan fingerprint density at radius 1 is 0.909 bits per heavy atom. The van der Waals surface area contributed by atoms with E-state index in [0.717, 1.165) is 37.3 Å². The van der Waals surface area contributed by atoms with Gasteiger partial charge in [0.1, 0.15) is 0 Å². The Bertz CT molecular complexity index is 479. The number of aromatic nitrogens is 2. The van der Waals surface area contributed by atoms with Gasteiger partial charge in [-0.15, -0.1) is 0 Å². The van der Waals surface area contributed by atoms with Crippen molar-refractivity contribution in [1.82, 2.24) is 19.9 Å². The van der Waals surface area contributed by atoms with Crippen molar-refractivity contribution in [2.45, 2.75) is 57.4 Å². The van der Waals surface area contributed by atoms with Crippen molar-refractivity contribution in [3.8, 4) is 0 Å². The highest BCUT2D eigenvalue weighted by molar-refractivity contribution is 5.01. The zero-order valence-corrected chi connectivity index (χ0v) is 13.5. The highest BCUT2D eigenvalue weighted by atomic mass is 16.5. The van der Waals surface area contributed by atoms with Gasteiger partial charge in [-0.25, -0.2) is 0 Å². The third-order valence-electron chi connectivity index (χ3n) is 5.45. The van der Waals surface area contributed by atoms with Crippen LogP contribution < -0.4 is 0 Å². The average Bonchev–Trinajstić information content (AvgIpc) is 3.12. The minimum Gasteiger partial charge on any atom is -0.339 e. The van der Waals surface area contributed by atoms with Gasteiger partial charge in [-0.2, -0.15) is 4.98 Å². The Morgan fingerprint density at radius 2 is 1.68 bits per heavy atom. The van der Waals surface area contributed by atoms with Gasteiger partial charge in [0.05, 0.1) is 6.54 Å². The van der Waals surface area contributed by atoms with Gasteiger partial charge in [0.2, 0.25) is 5.89 Å². The minimum absolute atomic E-state index is 0.562. The minimum atomic E-state index is 0.562. The van der Waals surface area contributed by atoms with Crippen molar-refractivity contribution in [3.05, 3.63) is 11.7 Å². The number of hydrogen-bond donors (Lipinski definition) is 0. The van der Waals surface area contributed by atoms with Gasteiger partial charge in [-0.05, 0) is 51.1 Å². The quantitative estimate of drug-likeness (QED) is 0.837. The molecule has 0 bridgehead atoms. The SMILES string of the molecule is C1CCC(CN2CCCN(Cc3noc(C4CC4)n3)CC2)C1. The molecule has 1 aromatic heterocycles. The summed E-state index contributed by atoms with van der Waals surface area (Å²) in [5.74, 6) is 3.27. The lowest BCUT2D eigenvalue weighted by Crippen LogP contribution is -2.33. The molecule has 1 aliphatic heterocycles. The summed E-state index contributed by atoms with van der Waals surface area (Å²) in [7, 11) is 0. The summed E-state index contributed by atoms with van der Waals surface area (Å²) in [6.07, 6.45) is 9.51. The van der Waals surface area contributed by atoms with Crippen LogP contribution in [0, 0.1) is 5.92 Å². The molecule has 4 rings (SSSR count). The second kappa shape index (κ2) is 6.67. The number of hydrogen-bond acceptors (Lipinski definition) is 5. The highest BCUT2D eigenvalue weighted by Gasteiger charge is 2.30. The van der Waals surface area contributed by atoms with Crippen LogP contribution in [0.4, 0.5) is 0 Å². The average molecular weight is 304 g/mol. The summed E-state index contributed by atoms with van der Waals surface area (Å²) in [4.78, 5) is 9.74. The lowest BCUT2D eigenvalue weighted by Gasteiger charge is -2.23. The molecule has 3 aliphatic rings. The smallest absolute Gasteiger partial charge is 0.229 e. The van der Waals surface area contributed by atoms with Crippen molar-refractivity contribution < 1.29 is 4.52 Å². The Labute approximate surface area is 133 Å². The van der Waals surface area contributed by atoms with Crippen LogP contribution in [0.25, 0.3) is 0 Å². The summed E-state index contributed by atoms with van der Waals surface area (Å²) < 4.78 is 5.37. The van der Waals surface area contributed by atoms with Crippen molar-refractivity contribution in [1.29, 1.82) is 0 Å². The predicted octanol–water partition coefficient (Wildman–Crippen LogP) is 2.64. The molecular weight excluding hydrogens is 276 g/mol. The summed E-state index contributed by atoms with van der Waals surface area (Å²) in [5, 5.41) is 4.16. The first-order valence-electron chi connectivity index (χ1n) is 9.14. The number of nitrogens with zero attached hydrogens (tertiary/aromatic N) is 4. The zero-order valence-electron chi connectivity index (χ0n) is 13.5. The summed E-state index contributed by atoms with van der Waals surface area (Å²) in [6.45, 7) is 6.93. The Balaban J connectivity index is 1.26. The van der Waals surface area contributed by atoms with Crippen LogP contribution in [0.1, 0.15) is 62.6 Å². The molecule has 0 amide bonds. The van der Waals surface area contributed by atoms with Crippen molar-refractivity contribution >= 4 is 0 Å². The fourth-order valence-electron chi connectivity index (χ4n) is 3.95. The third kappa shape index (κ3) is 3.69. The Hall–Kier alpha value is -0.940. The molecule has 0 atom stereocenters. The number of rotatable bonds is 5. The van der Waals surface area contributed by atoms with Crippen LogP contribution >= 0.6 is 0 Å². The Morgan fingerprint density at radius 3 is 2.50 bits per heavy atom. The van der Waals surface area contributed by atoms with E-state index in [9.17, 15) is 0 Å². The highest BCUT2D eigenvalue weighted by Crippen LogP contribution is 2.38. The largest absolute Gasteiger partial charge is 0.339 e. The fourth-order valence-corrected chi connectivity index (χ4v) is 3.95.